The van der Waals surface area contributed by atoms with Crippen molar-refractivity contribution in [1.82, 2.24) is 0 Å². The maximum absolute atomic E-state index is 11.5. The highest BCUT2D eigenvalue weighted by Gasteiger charge is 2.39. The second-order valence-corrected chi connectivity index (χ2v) is 1.74. The van der Waals surface area contributed by atoms with E-state index in [1.165, 1.54) is 0 Å². The number of rotatable bonds is 1. The van der Waals surface area contributed by atoms with Gasteiger partial charge in [0.1, 0.15) is 0 Å². The Balaban J connectivity index is 4.76. The zero-order valence-electron chi connectivity index (χ0n) is 5.46. The van der Waals surface area contributed by atoms with Crippen molar-refractivity contribution in [2.24, 2.45) is 0 Å². The van der Waals surface area contributed by atoms with Gasteiger partial charge in [-0.1, -0.05) is 17.9 Å². The average Bonchev–Trinajstić information content (AvgIpc) is 1.99. The molecule has 62 valence electrons. The highest BCUT2D eigenvalue weighted by Crippen LogP contribution is 2.21. The van der Waals surface area contributed by atoms with E-state index in [0.29, 0.717) is 0 Å². The van der Waals surface area contributed by atoms with E-state index in [9.17, 15) is 13.2 Å². The Labute approximate surface area is 65.3 Å². The van der Waals surface area contributed by atoms with Crippen molar-refractivity contribution < 1.29 is 17.8 Å². The van der Waals surface area contributed by atoms with Gasteiger partial charge in [-0.3, -0.25) is 0 Å². The van der Waals surface area contributed by atoms with E-state index < -0.39 is 12.7 Å². The van der Waals surface area contributed by atoms with Gasteiger partial charge < -0.3 is 4.65 Å². The van der Waals surface area contributed by atoms with Crippen molar-refractivity contribution in [3.63, 3.8) is 0 Å². The van der Waals surface area contributed by atoms with Gasteiger partial charge in [-0.05, 0) is 0 Å². The van der Waals surface area contributed by atoms with Gasteiger partial charge in [0.15, 0.2) is 0 Å². The van der Waals surface area contributed by atoms with E-state index in [1.807, 2.05) is 0 Å². The van der Waals surface area contributed by atoms with Crippen molar-refractivity contribution in [2.75, 3.05) is 0 Å². The first-order valence-electron chi connectivity index (χ1n) is 2.54. The smallest absolute Gasteiger partial charge is 0.472 e. The van der Waals surface area contributed by atoms with Crippen LogP contribution in [0.2, 0.25) is 0 Å². The van der Waals surface area contributed by atoms with Crippen molar-refractivity contribution in [2.45, 2.75) is 6.36 Å². The second kappa shape index (κ2) is 3.12. The largest absolute Gasteiger partial charge is 0.481 e. The molecular formula is C4BF3N3O-. The SMILES string of the molecule is N#C[B-](C#N)(C#N)OC(F)(F)F. The molecule has 0 atom stereocenters. The summed E-state index contributed by atoms with van der Waals surface area (Å²) in [7, 11) is 0. The van der Waals surface area contributed by atoms with Gasteiger partial charge in [-0.2, -0.15) is 0 Å². The molecule has 0 aromatic carbocycles. The molecule has 4 nitrogen and oxygen atoms in total. The van der Waals surface area contributed by atoms with Crippen LogP contribution in [0.3, 0.4) is 0 Å². The molecule has 0 heterocycles. The number of halogens is 3. The second-order valence-electron chi connectivity index (χ2n) is 1.74. The van der Waals surface area contributed by atoms with Gasteiger partial charge in [-0.25, -0.2) is 15.8 Å². The minimum atomic E-state index is -5.15. The Hall–Kier alpha value is -1.72. The molecule has 0 amide bonds. The molecule has 0 spiro atoms. The summed E-state index contributed by atoms with van der Waals surface area (Å²) in [4.78, 5) is 0. The molecule has 0 saturated heterocycles. The molecule has 0 aromatic heterocycles. The van der Waals surface area contributed by atoms with Crippen LogP contribution in [0.1, 0.15) is 0 Å². The summed E-state index contributed by atoms with van der Waals surface area (Å²) in [6.45, 7) is 0. The Morgan fingerprint density at radius 3 is 1.42 bits per heavy atom. The minimum Gasteiger partial charge on any atom is -0.472 e. The molecule has 0 aromatic rings. The molecule has 12 heavy (non-hydrogen) atoms. The number of hydrogen-bond donors (Lipinski definition) is 0. The molecule has 0 saturated carbocycles. The Bertz CT molecular complexity index is 257. The fourth-order valence-corrected chi connectivity index (χ4v) is 0.366. The molecule has 0 rings (SSSR count). The monoisotopic (exact) mass is 174 g/mol. The van der Waals surface area contributed by atoms with Gasteiger partial charge in [-0.15, -0.1) is 13.2 Å². The maximum atomic E-state index is 11.5. The Kier molecular flexibility index (Phi) is 2.68. The summed E-state index contributed by atoms with van der Waals surface area (Å²) in [6.07, 6.45) is -8.91. The number of alkyl halides is 3. The minimum absolute atomic E-state index is 0.870. The van der Waals surface area contributed by atoms with Gasteiger partial charge >= 0.3 is 12.7 Å². The molecule has 8 heteroatoms. The number of hydrogen-bond acceptors (Lipinski definition) is 4. The van der Waals surface area contributed by atoms with Gasteiger partial charge in [0.2, 0.25) is 0 Å². The topological polar surface area (TPSA) is 80.6 Å². The number of nitrogens with zero attached hydrogens (tertiary/aromatic N) is 3. The van der Waals surface area contributed by atoms with Crippen molar-refractivity contribution in [1.29, 1.82) is 15.8 Å². The lowest BCUT2D eigenvalue weighted by Crippen LogP contribution is -2.40. The molecule has 0 aliphatic carbocycles. The molecule has 0 unspecified atom stereocenters. The highest BCUT2D eigenvalue weighted by atomic mass is 19.4. The van der Waals surface area contributed by atoms with Crippen molar-refractivity contribution in [3.05, 3.63) is 0 Å². The summed E-state index contributed by atoms with van der Waals surface area (Å²) >= 11 is 0. The zero-order valence-corrected chi connectivity index (χ0v) is 5.46. The van der Waals surface area contributed by atoms with Gasteiger partial charge in [0, 0.05) is 0 Å². The molecule has 0 radical (unpaired) electrons. The highest BCUT2D eigenvalue weighted by molar-refractivity contribution is 6.94. The Morgan fingerprint density at radius 2 is 1.33 bits per heavy atom. The maximum Gasteiger partial charge on any atom is 0.481 e. The predicted molar refractivity (Wildman–Crippen MR) is 29.7 cm³/mol. The van der Waals surface area contributed by atoms with E-state index in [1.54, 1.807) is 0 Å². The Morgan fingerprint density at radius 1 is 1.00 bits per heavy atom. The fourth-order valence-electron chi connectivity index (χ4n) is 0.366. The average molecular weight is 174 g/mol. The molecule has 0 fully saturated rings. The van der Waals surface area contributed by atoms with Crippen LogP contribution in [0.15, 0.2) is 0 Å². The van der Waals surface area contributed by atoms with E-state index in [4.69, 9.17) is 15.8 Å². The number of nitriles is 3. The van der Waals surface area contributed by atoms with Crippen LogP contribution in [-0.2, 0) is 4.65 Å². The van der Waals surface area contributed by atoms with E-state index >= 15 is 0 Å². The van der Waals surface area contributed by atoms with E-state index in [0.717, 1.165) is 17.9 Å². The third kappa shape index (κ3) is 2.49. The first-order valence-corrected chi connectivity index (χ1v) is 2.54. The molecule has 0 aliphatic heterocycles. The third-order valence-electron chi connectivity index (χ3n) is 0.856. The van der Waals surface area contributed by atoms with Crippen LogP contribution in [0, 0.1) is 33.7 Å². The van der Waals surface area contributed by atoms with Crippen LogP contribution in [-0.4, -0.2) is 12.7 Å². The zero-order chi connectivity index (χ0) is 9.83. The summed E-state index contributed by atoms with van der Waals surface area (Å²) in [5.74, 6) is 2.61. The van der Waals surface area contributed by atoms with Crippen molar-refractivity contribution in [3.8, 4) is 17.9 Å². The lowest BCUT2D eigenvalue weighted by atomic mass is 9.45. The predicted octanol–water partition coefficient (Wildman–Crippen LogP) is 0.657. The van der Waals surface area contributed by atoms with Crippen molar-refractivity contribution >= 4 is 6.35 Å². The van der Waals surface area contributed by atoms with E-state index in [-0.39, 0.29) is 0 Å². The first kappa shape index (κ1) is 10.3. The summed E-state index contributed by atoms with van der Waals surface area (Å²) in [5, 5.41) is 24.1. The molecule has 0 N–H and O–H groups in total. The van der Waals surface area contributed by atoms with E-state index in [2.05, 4.69) is 4.65 Å². The van der Waals surface area contributed by atoms with Crippen LogP contribution in [0.5, 0.6) is 0 Å². The molecule has 0 aliphatic rings. The third-order valence-corrected chi connectivity index (χ3v) is 0.856. The van der Waals surface area contributed by atoms with Crippen LogP contribution >= 0.6 is 0 Å². The lowest BCUT2D eigenvalue weighted by molar-refractivity contribution is -0.278. The summed E-state index contributed by atoms with van der Waals surface area (Å²) < 4.78 is 37.4. The van der Waals surface area contributed by atoms with Gasteiger partial charge in [0.25, 0.3) is 0 Å². The lowest BCUT2D eigenvalue weighted by Gasteiger charge is -2.20. The quantitative estimate of drug-likeness (QED) is 0.546. The van der Waals surface area contributed by atoms with Crippen LogP contribution in [0.4, 0.5) is 13.2 Å². The standard InChI is InChI=1S/C4BF3N3O/c6-4(7,8)12-5(1-9,2-10)3-11/q-1. The van der Waals surface area contributed by atoms with Gasteiger partial charge in [0.05, 0.1) is 0 Å². The normalized spacial score (nSPS) is 11.0. The van der Waals surface area contributed by atoms with Crippen LogP contribution in [0.25, 0.3) is 0 Å². The molecular weight excluding hydrogens is 174 g/mol. The first-order chi connectivity index (χ1) is 5.39. The molecule has 0 bridgehead atoms. The fraction of sp³-hybridized carbons (Fsp3) is 0.250. The summed E-state index contributed by atoms with van der Waals surface area (Å²) in [5.41, 5.74) is 0. The summed E-state index contributed by atoms with van der Waals surface area (Å²) in [6, 6.07) is 0. The van der Waals surface area contributed by atoms with Crippen LogP contribution < -0.4 is 0 Å².